The fraction of sp³-hybridized carbons (Fsp3) is 0.414. The van der Waals surface area contributed by atoms with Crippen molar-refractivity contribution >= 4 is 29.4 Å². The highest BCUT2D eigenvalue weighted by Gasteiger charge is 2.40. The molecule has 0 saturated heterocycles. The number of carbonyl (C=O) groups excluding carboxylic acids is 2. The number of hydrogen-bond acceptors (Lipinski definition) is 4. The number of benzene rings is 2. The molecule has 37 heavy (non-hydrogen) atoms. The Balaban J connectivity index is 2.04. The lowest BCUT2D eigenvalue weighted by Crippen LogP contribution is -2.44. The second-order valence-corrected chi connectivity index (χ2v) is 12.1. The molecule has 4 rings (SSSR count). The maximum Gasteiger partial charge on any atom is 0.240 e. The molecule has 2 amide bonds. The number of nitrogens with zero attached hydrogens (tertiary/aromatic N) is 3. The Bertz CT molecular complexity index is 1340. The molecule has 1 aliphatic rings. The van der Waals surface area contributed by atoms with E-state index in [2.05, 4.69) is 32.2 Å². The number of aromatic nitrogens is 2. The van der Waals surface area contributed by atoms with Gasteiger partial charge in [0.25, 0.3) is 0 Å². The number of amides is 2. The van der Waals surface area contributed by atoms with Gasteiger partial charge in [0.2, 0.25) is 11.8 Å². The standard InChI is InChI=1S/C29H35FN4O2S/c1-17(2)31-23(35)15-33-24(36)16-37-26(20-9-8-10-21(30)14-20)25-27(29(5,6)7)32-34(28(25)33)22-12-11-18(3)13-19(22)4/h8-14,17,26H,15-16H2,1-7H3,(H,31,35). The number of thioether (sulfide) groups is 1. The minimum Gasteiger partial charge on any atom is -0.352 e. The average molecular weight is 523 g/mol. The van der Waals surface area contributed by atoms with Crippen LogP contribution in [0.5, 0.6) is 0 Å². The Morgan fingerprint density at radius 1 is 1.19 bits per heavy atom. The molecule has 0 bridgehead atoms. The van der Waals surface area contributed by atoms with Gasteiger partial charge in [-0.05, 0) is 57.0 Å². The van der Waals surface area contributed by atoms with E-state index in [0.29, 0.717) is 5.82 Å². The Kier molecular flexibility index (Phi) is 7.51. The largest absolute Gasteiger partial charge is 0.352 e. The van der Waals surface area contributed by atoms with Gasteiger partial charge in [0.05, 0.1) is 22.4 Å². The molecule has 0 saturated carbocycles. The SMILES string of the molecule is Cc1ccc(-n2nc(C(C)(C)C)c3c2N(CC(=O)NC(C)C)C(=O)CSC3c2cccc(F)c2)c(C)c1. The van der Waals surface area contributed by atoms with Crippen molar-refractivity contribution in [3.63, 3.8) is 0 Å². The molecule has 1 aliphatic heterocycles. The summed E-state index contributed by atoms with van der Waals surface area (Å²) in [6.45, 7) is 13.9. The quantitative estimate of drug-likeness (QED) is 0.472. The number of rotatable bonds is 5. The first-order chi connectivity index (χ1) is 17.4. The van der Waals surface area contributed by atoms with E-state index < -0.39 is 0 Å². The van der Waals surface area contributed by atoms with Gasteiger partial charge in [0.15, 0.2) is 0 Å². The van der Waals surface area contributed by atoms with E-state index in [0.717, 1.165) is 33.6 Å². The third-order valence-corrected chi connectivity index (χ3v) is 7.54. The van der Waals surface area contributed by atoms with Crippen LogP contribution in [0.25, 0.3) is 5.69 Å². The maximum atomic E-state index is 14.4. The van der Waals surface area contributed by atoms with Gasteiger partial charge < -0.3 is 5.32 Å². The van der Waals surface area contributed by atoms with Gasteiger partial charge >= 0.3 is 0 Å². The molecule has 6 nitrogen and oxygen atoms in total. The lowest BCUT2D eigenvalue weighted by Gasteiger charge is -2.25. The van der Waals surface area contributed by atoms with Crippen LogP contribution in [-0.2, 0) is 15.0 Å². The molecule has 0 radical (unpaired) electrons. The van der Waals surface area contributed by atoms with Crippen molar-refractivity contribution in [3.8, 4) is 5.69 Å². The average Bonchev–Trinajstić information content (AvgIpc) is 3.11. The first-order valence-corrected chi connectivity index (χ1v) is 13.6. The number of carbonyl (C=O) groups is 2. The highest BCUT2D eigenvalue weighted by molar-refractivity contribution is 8.00. The fourth-order valence-corrected chi connectivity index (χ4v) is 5.92. The van der Waals surface area contributed by atoms with Crippen molar-refractivity contribution in [2.24, 2.45) is 0 Å². The topological polar surface area (TPSA) is 67.2 Å². The van der Waals surface area contributed by atoms with E-state index >= 15 is 0 Å². The van der Waals surface area contributed by atoms with E-state index in [-0.39, 0.29) is 46.6 Å². The molecule has 8 heteroatoms. The normalized spacial score (nSPS) is 16.1. The highest BCUT2D eigenvalue weighted by Crippen LogP contribution is 2.48. The molecule has 2 heterocycles. The van der Waals surface area contributed by atoms with Crippen LogP contribution in [0.15, 0.2) is 42.5 Å². The summed E-state index contributed by atoms with van der Waals surface area (Å²) in [5.41, 5.74) is 5.00. The van der Waals surface area contributed by atoms with Crippen molar-refractivity contribution in [1.82, 2.24) is 15.1 Å². The summed E-state index contributed by atoms with van der Waals surface area (Å²) in [7, 11) is 0. The Hall–Kier alpha value is -3.13. The van der Waals surface area contributed by atoms with Crippen molar-refractivity contribution in [2.45, 2.75) is 65.2 Å². The molecule has 2 aromatic carbocycles. The number of nitrogens with one attached hydrogen (secondary N) is 1. The molecule has 1 N–H and O–H groups in total. The van der Waals surface area contributed by atoms with Gasteiger partial charge in [-0.15, -0.1) is 11.8 Å². The van der Waals surface area contributed by atoms with E-state index in [1.54, 1.807) is 11.0 Å². The lowest BCUT2D eigenvalue weighted by molar-refractivity contribution is -0.123. The first kappa shape index (κ1) is 26.9. The molecule has 3 aromatic rings. The van der Waals surface area contributed by atoms with Crippen LogP contribution in [0.4, 0.5) is 10.2 Å². The summed E-state index contributed by atoms with van der Waals surface area (Å²) < 4.78 is 16.2. The molecule has 1 atom stereocenters. The zero-order valence-electron chi connectivity index (χ0n) is 22.6. The highest BCUT2D eigenvalue weighted by atomic mass is 32.2. The van der Waals surface area contributed by atoms with Crippen LogP contribution in [0.3, 0.4) is 0 Å². The molecule has 0 fully saturated rings. The smallest absolute Gasteiger partial charge is 0.240 e. The van der Waals surface area contributed by atoms with Crippen molar-refractivity contribution in [3.05, 3.63) is 76.2 Å². The van der Waals surface area contributed by atoms with E-state index in [1.165, 1.54) is 23.9 Å². The summed E-state index contributed by atoms with van der Waals surface area (Å²) in [5, 5.41) is 7.68. The van der Waals surface area contributed by atoms with Crippen molar-refractivity contribution in [1.29, 1.82) is 0 Å². The Morgan fingerprint density at radius 2 is 1.92 bits per heavy atom. The van der Waals surface area contributed by atoms with E-state index in [1.807, 2.05) is 50.6 Å². The van der Waals surface area contributed by atoms with Crippen LogP contribution in [0, 0.1) is 19.7 Å². The van der Waals surface area contributed by atoms with Crippen LogP contribution in [-0.4, -0.2) is 39.9 Å². The number of fused-ring (bicyclic) bond motifs is 1. The molecule has 0 aliphatic carbocycles. The van der Waals surface area contributed by atoms with Gasteiger partial charge in [-0.3, -0.25) is 14.5 Å². The molecule has 1 unspecified atom stereocenters. The summed E-state index contributed by atoms with van der Waals surface area (Å²) in [6, 6.07) is 12.5. The van der Waals surface area contributed by atoms with Crippen molar-refractivity contribution < 1.29 is 14.0 Å². The van der Waals surface area contributed by atoms with Crippen molar-refractivity contribution in [2.75, 3.05) is 17.2 Å². The molecular weight excluding hydrogens is 487 g/mol. The minimum atomic E-state index is -0.376. The zero-order chi connectivity index (χ0) is 27.1. The third-order valence-electron chi connectivity index (χ3n) is 6.28. The zero-order valence-corrected chi connectivity index (χ0v) is 23.4. The third kappa shape index (κ3) is 5.59. The predicted octanol–water partition coefficient (Wildman–Crippen LogP) is 5.62. The summed E-state index contributed by atoms with van der Waals surface area (Å²) in [4.78, 5) is 28.1. The van der Waals surface area contributed by atoms with Gasteiger partial charge in [0, 0.05) is 17.0 Å². The number of anilines is 1. The second kappa shape index (κ2) is 10.3. The second-order valence-electron chi connectivity index (χ2n) is 11.0. The predicted molar refractivity (Wildman–Crippen MR) is 148 cm³/mol. The van der Waals surface area contributed by atoms with Gasteiger partial charge in [-0.2, -0.15) is 5.10 Å². The van der Waals surface area contributed by atoms with Crippen LogP contribution < -0.4 is 10.2 Å². The summed E-state index contributed by atoms with van der Waals surface area (Å²) >= 11 is 1.44. The van der Waals surface area contributed by atoms with Crippen LogP contribution >= 0.6 is 11.8 Å². The number of hydrogen-bond donors (Lipinski definition) is 1. The van der Waals surface area contributed by atoms with Gasteiger partial charge in [0.1, 0.15) is 18.2 Å². The molecule has 1 aromatic heterocycles. The minimum absolute atomic E-state index is 0.0575. The number of halogens is 1. The van der Waals surface area contributed by atoms with E-state index in [9.17, 15) is 14.0 Å². The monoisotopic (exact) mass is 522 g/mol. The number of aryl methyl sites for hydroxylation is 2. The van der Waals surface area contributed by atoms with Crippen LogP contribution in [0.1, 0.15) is 67.8 Å². The lowest BCUT2D eigenvalue weighted by atomic mass is 9.87. The Morgan fingerprint density at radius 3 is 2.54 bits per heavy atom. The molecular formula is C29H35FN4O2S. The van der Waals surface area contributed by atoms with Crippen LogP contribution in [0.2, 0.25) is 0 Å². The fourth-order valence-electron chi connectivity index (χ4n) is 4.73. The maximum absolute atomic E-state index is 14.4. The summed E-state index contributed by atoms with van der Waals surface area (Å²) in [6.07, 6.45) is 0. The van der Waals surface area contributed by atoms with Gasteiger partial charge in [-0.25, -0.2) is 9.07 Å². The van der Waals surface area contributed by atoms with Gasteiger partial charge in [-0.1, -0.05) is 50.6 Å². The Labute approximate surface area is 222 Å². The van der Waals surface area contributed by atoms with E-state index in [4.69, 9.17) is 5.10 Å². The molecule has 196 valence electrons. The molecule has 0 spiro atoms. The first-order valence-electron chi connectivity index (χ1n) is 12.5. The summed E-state index contributed by atoms with van der Waals surface area (Å²) in [5.74, 6) is -0.0338.